The first-order valence-corrected chi connectivity index (χ1v) is 7.09. The Kier molecular flexibility index (Phi) is 4.26. The second-order valence-electron chi connectivity index (χ2n) is 5.75. The normalized spacial score (nSPS) is 28.9. The molecule has 0 spiro atoms. The molecule has 0 heterocycles. The van der Waals surface area contributed by atoms with Crippen LogP contribution in [0.1, 0.15) is 64.2 Å². The molecular weight excluding hydrogens is 198 g/mol. The summed E-state index contributed by atoms with van der Waals surface area (Å²) in [6, 6.07) is 0.276. The maximum Gasteiger partial charge on any atom is 0.0831 e. The third-order valence-electron chi connectivity index (χ3n) is 4.87. The van der Waals surface area contributed by atoms with Gasteiger partial charge in [-0.3, -0.25) is 0 Å². The zero-order valence-electron chi connectivity index (χ0n) is 10.7. The summed E-state index contributed by atoms with van der Waals surface area (Å²) in [5.41, 5.74) is 6.56. The average Bonchev–Trinajstić information content (AvgIpc) is 2.39. The molecule has 1 unspecified atom stereocenters. The predicted octanol–water partition coefficient (Wildman–Crippen LogP) is 3.24. The molecule has 0 radical (unpaired) electrons. The van der Waals surface area contributed by atoms with Crippen molar-refractivity contribution < 1.29 is 4.74 Å². The van der Waals surface area contributed by atoms with Crippen LogP contribution in [0.15, 0.2) is 0 Å². The van der Waals surface area contributed by atoms with Gasteiger partial charge in [-0.05, 0) is 31.6 Å². The summed E-state index contributed by atoms with van der Waals surface area (Å²) >= 11 is 0. The molecule has 2 saturated carbocycles. The Hall–Kier alpha value is -0.0800. The predicted molar refractivity (Wildman–Crippen MR) is 67.4 cm³/mol. The topological polar surface area (TPSA) is 35.2 Å². The van der Waals surface area contributed by atoms with Crippen molar-refractivity contribution in [1.82, 2.24) is 0 Å². The van der Waals surface area contributed by atoms with E-state index >= 15 is 0 Å². The molecule has 1 atom stereocenters. The van der Waals surface area contributed by atoms with Crippen molar-refractivity contribution >= 4 is 0 Å². The van der Waals surface area contributed by atoms with E-state index in [1.807, 2.05) is 7.11 Å². The van der Waals surface area contributed by atoms with Crippen LogP contribution in [0, 0.1) is 5.92 Å². The van der Waals surface area contributed by atoms with Crippen LogP contribution in [-0.4, -0.2) is 18.8 Å². The summed E-state index contributed by atoms with van der Waals surface area (Å²) in [6.07, 6.45) is 13.1. The minimum Gasteiger partial charge on any atom is -0.377 e. The lowest BCUT2D eigenvalue weighted by molar-refractivity contribution is -0.0748. The Bertz CT molecular complexity index is 205. The van der Waals surface area contributed by atoms with Gasteiger partial charge in [-0.2, -0.15) is 0 Å². The van der Waals surface area contributed by atoms with Gasteiger partial charge in [0.1, 0.15) is 0 Å². The Morgan fingerprint density at radius 3 is 2.12 bits per heavy atom. The number of rotatable bonds is 3. The molecule has 2 heteroatoms. The highest BCUT2D eigenvalue weighted by atomic mass is 16.5. The van der Waals surface area contributed by atoms with Crippen molar-refractivity contribution in [1.29, 1.82) is 0 Å². The molecule has 16 heavy (non-hydrogen) atoms. The van der Waals surface area contributed by atoms with Gasteiger partial charge in [0.25, 0.3) is 0 Å². The highest BCUT2D eigenvalue weighted by Crippen LogP contribution is 2.39. The molecule has 2 rings (SSSR count). The standard InChI is InChI=1S/C14H27NO/c1-16-14(10-6-3-7-11-14)13(15)12-8-4-2-5-9-12/h12-13H,2-11,15H2,1H3. The van der Waals surface area contributed by atoms with Crippen LogP contribution in [-0.2, 0) is 4.74 Å². The third-order valence-corrected chi connectivity index (χ3v) is 4.87. The fourth-order valence-electron chi connectivity index (χ4n) is 3.75. The van der Waals surface area contributed by atoms with Crippen molar-refractivity contribution in [3.05, 3.63) is 0 Å². The number of ether oxygens (including phenoxy) is 1. The van der Waals surface area contributed by atoms with E-state index in [9.17, 15) is 0 Å². The van der Waals surface area contributed by atoms with Gasteiger partial charge in [0, 0.05) is 13.2 Å². The van der Waals surface area contributed by atoms with Crippen LogP contribution in [0.5, 0.6) is 0 Å². The van der Waals surface area contributed by atoms with Gasteiger partial charge < -0.3 is 10.5 Å². The van der Waals surface area contributed by atoms with Crippen LogP contribution in [0.2, 0.25) is 0 Å². The van der Waals surface area contributed by atoms with Gasteiger partial charge >= 0.3 is 0 Å². The number of methoxy groups -OCH3 is 1. The molecule has 0 aromatic carbocycles. The maximum absolute atomic E-state index is 6.54. The third kappa shape index (κ3) is 2.43. The van der Waals surface area contributed by atoms with E-state index < -0.39 is 0 Å². The van der Waals surface area contributed by atoms with Gasteiger partial charge in [0.05, 0.1) is 5.60 Å². The Morgan fingerprint density at radius 2 is 1.56 bits per heavy atom. The number of nitrogens with two attached hydrogens (primary N) is 1. The highest BCUT2D eigenvalue weighted by molar-refractivity contribution is 4.97. The lowest BCUT2D eigenvalue weighted by atomic mass is 9.71. The van der Waals surface area contributed by atoms with Crippen molar-refractivity contribution in [2.24, 2.45) is 11.7 Å². The quantitative estimate of drug-likeness (QED) is 0.800. The van der Waals surface area contributed by atoms with E-state index in [2.05, 4.69) is 0 Å². The maximum atomic E-state index is 6.54. The molecule has 0 aliphatic heterocycles. The Balaban J connectivity index is 2.00. The van der Waals surface area contributed by atoms with Crippen molar-refractivity contribution in [3.63, 3.8) is 0 Å². The summed E-state index contributed by atoms with van der Waals surface area (Å²) in [4.78, 5) is 0. The van der Waals surface area contributed by atoms with Crippen molar-refractivity contribution in [3.8, 4) is 0 Å². The fourth-order valence-corrected chi connectivity index (χ4v) is 3.75. The summed E-state index contributed by atoms with van der Waals surface area (Å²) in [5, 5.41) is 0. The SMILES string of the molecule is COC1(C(N)C2CCCCC2)CCCCC1. The monoisotopic (exact) mass is 225 g/mol. The van der Waals surface area contributed by atoms with Crippen LogP contribution in [0.25, 0.3) is 0 Å². The first kappa shape index (κ1) is 12.4. The number of hydrogen-bond donors (Lipinski definition) is 1. The first-order chi connectivity index (χ1) is 7.78. The van der Waals surface area contributed by atoms with E-state index in [0.29, 0.717) is 5.92 Å². The van der Waals surface area contributed by atoms with E-state index in [1.165, 1.54) is 64.2 Å². The van der Waals surface area contributed by atoms with E-state index in [-0.39, 0.29) is 11.6 Å². The lowest BCUT2D eigenvalue weighted by Crippen LogP contribution is -2.54. The highest BCUT2D eigenvalue weighted by Gasteiger charge is 2.41. The molecule has 0 amide bonds. The summed E-state index contributed by atoms with van der Waals surface area (Å²) in [6.45, 7) is 0. The Labute approximate surface area is 99.9 Å². The molecule has 94 valence electrons. The lowest BCUT2D eigenvalue weighted by Gasteiger charge is -2.45. The molecule has 2 N–H and O–H groups in total. The molecule has 0 saturated heterocycles. The largest absolute Gasteiger partial charge is 0.377 e. The van der Waals surface area contributed by atoms with Crippen LogP contribution in [0.4, 0.5) is 0 Å². The number of hydrogen-bond acceptors (Lipinski definition) is 2. The van der Waals surface area contributed by atoms with Gasteiger partial charge in [0.2, 0.25) is 0 Å². The molecule has 2 aliphatic rings. The van der Waals surface area contributed by atoms with E-state index in [0.717, 1.165) is 0 Å². The minimum absolute atomic E-state index is 0.0141. The summed E-state index contributed by atoms with van der Waals surface area (Å²) in [7, 11) is 1.87. The first-order valence-electron chi connectivity index (χ1n) is 7.09. The van der Waals surface area contributed by atoms with Crippen LogP contribution < -0.4 is 5.73 Å². The molecule has 0 bridgehead atoms. The summed E-state index contributed by atoms with van der Waals surface area (Å²) < 4.78 is 5.87. The molecule has 0 aromatic heterocycles. The fraction of sp³-hybridized carbons (Fsp3) is 1.00. The zero-order chi connectivity index (χ0) is 11.4. The Morgan fingerprint density at radius 1 is 1.00 bits per heavy atom. The van der Waals surface area contributed by atoms with E-state index in [4.69, 9.17) is 10.5 Å². The zero-order valence-corrected chi connectivity index (χ0v) is 10.7. The smallest absolute Gasteiger partial charge is 0.0831 e. The second kappa shape index (κ2) is 5.50. The molecule has 2 aliphatic carbocycles. The van der Waals surface area contributed by atoms with E-state index in [1.54, 1.807) is 0 Å². The minimum atomic E-state index is 0.0141. The van der Waals surface area contributed by atoms with Crippen LogP contribution in [0.3, 0.4) is 0 Å². The average molecular weight is 225 g/mol. The van der Waals surface area contributed by atoms with Gasteiger partial charge in [-0.25, -0.2) is 0 Å². The van der Waals surface area contributed by atoms with Crippen molar-refractivity contribution in [2.45, 2.75) is 75.9 Å². The summed E-state index contributed by atoms with van der Waals surface area (Å²) in [5.74, 6) is 0.715. The second-order valence-corrected chi connectivity index (χ2v) is 5.75. The van der Waals surface area contributed by atoms with Gasteiger partial charge in [-0.1, -0.05) is 38.5 Å². The molecular formula is C14H27NO. The van der Waals surface area contributed by atoms with Gasteiger partial charge in [-0.15, -0.1) is 0 Å². The molecule has 2 nitrogen and oxygen atoms in total. The van der Waals surface area contributed by atoms with Gasteiger partial charge in [0.15, 0.2) is 0 Å². The molecule has 0 aromatic rings. The van der Waals surface area contributed by atoms with Crippen molar-refractivity contribution in [2.75, 3.05) is 7.11 Å². The van der Waals surface area contributed by atoms with Crippen LogP contribution >= 0.6 is 0 Å². The molecule has 2 fully saturated rings.